The number of ketones is 1. The van der Waals surface area contributed by atoms with Gasteiger partial charge in [-0.3, -0.25) is 14.8 Å². The smallest absolute Gasteiger partial charge is 0.163 e. The van der Waals surface area contributed by atoms with Gasteiger partial charge in [-0.25, -0.2) is 0 Å². The maximum Gasteiger partial charge on any atom is 0.163 e. The van der Waals surface area contributed by atoms with Crippen LogP contribution in [0.2, 0.25) is 0 Å². The van der Waals surface area contributed by atoms with Crippen LogP contribution in [0.5, 0.6) is 0 Å². The van der Waals surface area contributed by atoms with Crippen LogP contribution in [0.15, 0.2) is 65.9 Å². The first-order valence-corrected chi connectivity index (χ1v) is 6.11. The summed E-state index contributed by atoms with van der Waals surface area (Å²) in [6, 6.07) is 14.0. The highest BCUT2D eigenvalue weighted by molar-refractivity contribution is 6.15. The molecule has 3 heteroatoms. The fourth-order valence-corrected chi connectivity index (χ4v) is 2.04. The van der Waals surface area contributed by atoms with E-state index in [-0.39, 0.29) is 5.78 Å². The zero-order chi connectivity index (χ0) is 13.1. The van der Waals surface area contributed by atoms with Crippen molar-refractivity contribution in [3.8, 4) is 11.1 Å². The van der Waals surface area contributed by atoms with Crippen molar-refractivity contribution in [2.45, 2.75) is 6.42 Å². The number of hydrogen-bond acceptors (Lipinski definition) is 3. The van der Waals surface area contributed by atoms with E-state index in [4.69, 9.17) is 0 Å². The second kappa shape index (κ2) is 4.98. The van der Waals surface area contributed by atoms with Crippen molar-refractivity contribution < 1.29 is 4.79 Å². The largest absolute Gasteiger partial charge is 0.294 e. The summed E-state index contributed by atoms with van der Waals surface area (Å²) in [5.41, 5.74) is 3.70. The quantitative estimate of drug-likeness (QED) is 0.819. The van der Waals surface area contributed by atoms with Gasteiger partial charge in [-0.1, -0.05) is 30.3 Å². The molecule has 0 unspecified atom stereocenters. The predicted molar refractivity (Wildman–Crippen MR) is 75.0 cm³/mol. The average Bonchev–Trinajstić information content (AvgIpc) is 2.48. The molecule has 1 aromatic heterocycles. The topological polar surface area (TPSA) is 42.3 Å². The van der Waals surface area contributed by atoms with E-state index in [0.717, 1.165) is 22.5 Å². The summed E-state index contributed by atoms with van der Waals surface area (Å²) in [4.78, 5) is 20.0. The molecule has 92 valence electrons. The van der Waals surface area contributed by atoms with E-state index in [0.29, 0.717) is 6.42 Å². The van der Waals surface area contributed by atoms with E-state index in [1.807, 2.05) is 42.5 Å². The van der Waals surface area contributed by atoms with Crippen LogP contribution in [0.1, 0.15) is 12.1 Å². The van der Waals surface area contributed by atoms with Crippen molar-refractivity contribution in [1.29, 1.82) is 0 Å². The fraction of sp³-hybridized carbons (Fsp3) is 0.0625. The second-order valence-electron chi connectivity index (χ2n) is 4.33. The molecule has 0 amide bonds. The van der Waals surface area contributed by atoms with Gasteiger partial charge in [0, 0.05) is 12.4 Å². The molecule has 1 aliphatic heterocycles. The molecule has 0 fully saturated rings. The molecule has 0 saturated carbocycles. The monoisotopic (exact) mass is 248 g/mol. The van der Waals surface area contributed by atoms with Crippen LogP contribution in [0.3, 0.4) is 0 Å². The average molecular weight is 248 g/mol. The lowest BCUT2D eigenvalue weighted by molar-refractivity contribution is -0.113. The van der Waals surface area contributed by atoms with Crippen LogP contribution in [0.4, 0.5) is 0 Å². The Balaban J connectivity index is 1.99. The summed E-state index contributed by atoms with van der Waals surface area (Å²) in [5.74, 6) is 0.0666. The Labute approximate surface area is 111 Å². The molecular weight excluding hydrogens is 236 g/mol. The molecule has 0 spiro atoms. The van der Waals surface area contributed by atoms with Gasteiger partial charge in [0.2, 0.25) is 0 Å². The standard InChI is InChI=1S/C16H12N2O/c19-14-7-9-18-16(11-14)15-10-13(6-8-17-15)12-4-2-1-3-5-12/h1-10H,11H2. The third kappa shape index (κ3) is 2.50. The molecule has 3 rings (SSSR count). The number of rotatable bonds is 2. The van der Waals surface area contributed by atoms with Gasteiger partial charge in [0.15, 0.2) is 5.78 Å². The third-order valence-corrected chi connectivity index (χ3v) is 3.00. The molecule has 1 aromatic carbocycles. The van der Waals surface area contributed by atoms with Gasteiger partial charge in [0.05, 0.1) is 17.8 Å². The summed E-state index contributed by atoms with van der Waals surface area (Å²) >= 11 is 0. The predicted octanol–water partition coefficient (Wildman–Crippen LogP) is 3.02. The fourth-order valence-electron chi connectivity index (χ4n) is 2.04. The Morgan fingerprint density at radius 2 is 1.84 bits per heavy atom. The zero-order valence-electron chi connectivity index (χ0n) is 10.3. The van der Waals surface area contributed by atoms with Crippen LogP contribution < -0.4 is 0 Å². The van der Waals surface area contributed by atoms with E-state index in [9.17, 15) is 4.79 Å². The molecule has 1 aliphatic rings. The number of pyridine rings is 1. The van der Waals surface area contributed by atoms with Crippen molar-refractivity contribution in [3.05, 3.63) is 66.6 Å². The molecule has 2 aromatic rings. The van der Waals surface area contributed by atoms with Gasteiger partial charge in [-0.2, -0.15) is 0 Å². The second-order valence-corrected chi connectivity index (χ2v) is 4.33. The zero-order valence-corrected chi connectivity index (χ0v) is 10.3. The number of allylic oxidation sites excluding steroid dienone is 1. The van der Waals surface area contributed by atoms with Gasteiger partial charge in [0.1, 0.15) is 0 Å². The molecule has 0 radical (unpaired) electrons. The van der Waals surface area contributed by atoms with E-state index >= 15 is 0 Å². The Morgan fingerprint density at radius 1 is 1.00 bits per heavy atom. The lowest BCUT2D eigenvalue weighted by Crippen LogP contribution is -2.11. The Hall–Kier alpha value is -2.55. The van der Waals surface area contributed by atoms with Crippen LogP contribution in [0.25, 0.3) is 11.1 Å². The van der Waals surface area contributed by atoms with Gasteiger partial charge in [0.25, 0.3) is 0 Å². The summed E-state index contributed by atoms with van der Waals surface area (Å²) in [5, 5.41) is 0. The SMILES string of the molecule is O=C1C=CN=C(c2cc(-c3ccccc3)ccn2)C1. The minimum atomic E-state index is 0.0666. The van der Waals surface area contributed by atoms with Gasteiger partial charge < -0.3 is 0 Å². The molecule has 0 N–H and O–H groups in total. The van der Waals surface area contributed by atoms with Crippen molar-refractivity contribution in [3.63, 3.8) is 0 Å². The highest BCUT2D eigenvalue weighted by atomic mass is 16.1. The van der Waals surface area contributed by atoms with Crippen molar-refractivity contribution >= 4 is 11.5 Å². The molecule has 0 aliphatic carbocycles. The maximum atomic E-state index is 11.4. The van der Waals surface area contributed by atoms with E-state index < -0.39 is 0 Å². The first-order chi connectivity index (χ1) is 9.33. The molecule has 0 atom stereocenters. The highest BCUT2D eigenvalue weighted by Gasteiger charge is 2.12. The lowest BCUT2D eigenvalue weighted by atomic mass is 10.0. The number of benzene rings is 1. The summed E-state index contributed by atoms with van der Waals surface area (Å²) in [7, 11) is 0. The Bertz CT molecular complexity index is 672. The molecular formula is C16H12N2O. The maximum absolute atomic E-state index is 11.4. The van der Waals surface area contributed by atoms with E-state index in [2.05, 4.69) is 9.98 Å². The minimum Gasteiger partial charge on any atom is -0.294 e. The summed E-state index contributed by atoms with van der Waals surface area (Å²) in [6.07, 6.45) is 5.10. The normalized spacial score (nSPS) is 14.3. The molecule has 0 bridgehead atoms. The van der Waals surface area contributed by atoms with Gasteiger partial charge in [-0.05, 0) is 29.3 Å². The van der Waals surface area contributed by atoms with Crippen molar-refractivity contribution in [2.75, 3.05) is 0 Å². The number of aliphatic imine (C=N–C) groups is 1. The molecule has 3 nitrogen and oxygen atoms in total. The summed E-state index contributed by atoms with van der Waals surface area (Å²) in [6.45, 7) is 0. The third-order valence-electron chi connectivity index (χ3n) is 3.00. The van der Waals surface area contributed by atoms with Crippen molar-refractivity contribution in [2.24, 2.45) is 4.99 Å². The van der Waals surface area contributed by atoms with Gasteiger partial charge >= 0.3 is 0 Å². The Kier molecular flexibility index (Phi) is 3.02. The molecule has 0 saturated heterocycles. The van der Waals surface area contributed by atoms with Gasteiger partial charge in [-0.15, -0.1) is 0 Å². The van der Waals surface area contributed by atoms with Crippen LogP contribution >= 0.6 is 0 Å². The number of hydrogen-bond donors (Lipinski definition) is 0. The minimum absolute atomic E-state index is 0.0666. The van der Waals surface area contributed by atoms with Crippen LogP contribution in [0, 0.1) is 0 Å². The number of carbonyl (C=O) groups is 1. The van der Waals surface area contributed by atoms with E-state index in [1.165, 1.54) is 12.3 Å². The highest BCUT2D eigenvalue weighted by Crippen LogP contribution is 2.20. The van der Waals surface area contributed by atoms with Crippen LogP contribution in [-0.4, -0.2) is 16.5 Å². The number of carbonyl (C=O) groups excluding carboxylic acids is 1. The Morgan fingerprint density at radius 3 is 2.63 bits per heavy atom. The first-order valence-electron chi connectivity index (χ1n) is 6.11. The lowest BCUT2D eigenvalue weighted by Gasteiger charge is -2.08. The van der Waals surface area contributed by atoms with E-state index in [1.54, 1.807) is 6.20 Å². The number of nitrogens with zero attached hydrogens (tertiary/aromatic N) is 2. The van der Waals surface area contributed by atoms with Crippen LogP contribution in [-0.2, 0) is 4.79 Å². The number of aromatic nitrogens is 1. The first kappa shape index (κ1) is 11.5. The van der Waals surface area contributed by atoms with Crippen molar-refractivity contribution in [1.82, 2.24) is 4.98 Å². The molecule has 2 heterocycles. The molecule has 19 heavy (non-hydrogen) atoms. The summed E-state index contributed by atoms with van der Waals surface area (Å²) < 4.78 is 0.